The number of carboxylic acids is 1. The lowest BCUT2D eigenvalue weighted by Crippen LogP contribution is -2.46. The van der Waals surface area contributed by atoms with Gasteiger partial charge in [0.2, 0.25) is 0 Å². The van der Waals surface area contributed by atoms with Crippen molar-refractivity contribution in [3.05, 3.63) is 0 Å². The number of carbonyl (C=O) groups excluding carboxylic acids is 1. The van der Waals surface area contributed by atoms with E-state index in [-0.39, 0.29) is 11.9 Å². The number of carboxylic acid groups (broad SMARTS) is 1. The quantitative estimate of drug-likeness (QED) is 0.512. The minimum atomic E-state index is -0.979. The highest BCUT2D eigenvalue weighted by atomic mass is 16.4. The Bertz CT molecular complexity index is 304. The van der Waals surface area contributed by atoms with Crippen molar-refractivity contribution in [1.29, 1.82) is 0 Å². The van der Waals surface area contributed by atoms with Gasteiger partial charge in [-0.05, 0) is 24.7 Å². The second-order valence-electron chi connectivity index (χ2n) is 6.52. The van der Waals surface area contributed by atoms with Crippen LogP contribution in [0.1, 0.15) is 66.2 Å². The Hall–Kier alpha value is -1.26. The molecular weight excluding hydrogens is 268 g/mol. The lowest BCUT2D eigenvalue weighted by Gasteiger charge is -2.16. The van der Waals surface area contributed by atoms with Gasteiger partial charge in [0.25, 0.3) is 0 Å². The van der Waals surface area contributed by atoms with Crippen LogP contribution in [0.4, 0.5) is 4.79 Å². The Morgan fingerprint density at radius 1 is 0.952 bits per heavy atom. The summed E-state index contributed by atoms with van der Waals surface area (Å²) in [5.74, 6) is 0.00250. The first-order valence-electron chi connectivity index (χ1n) is 8.10. The molecule has 2 amide bonds. The van der Waals surface area contributed by atoms with E-state index < -0.39 is 12.0 Å². The fraction of sp³-hybridized carbons (Fsp3) is 0.875. The molecule has 0 spiro atoms. The van der Waals surface area contributed by atoms with Gasteiger partial charge in [0.1, 0.15) is 6.04 Å². The first-order chi connectivity index (χ1) is 9.82. The van der Waals surface area contributed by atoms with Gasteiger partial charge < -0.3 is 15.7 Å². The molecule has 0 heterocycles. The standard InChI is InChI=1S/C16H32N2O3/c1-12(2)9-7-5-6-8-10-17-16(21)18-14(15(19)20)11-13(3)4/h12-14H,5-11H2,1-4H3,(H,19,20)(H2,17,18,21). The average Bonchev–Trinajstić information content (AvgIpc) is 2.35. The van der Waals surface area contributed by atoms with Crippen LogP contribution in [0.5, 0.6) is 0 Å². The first kappa shape index (κ1) is 19.7. The van der Waals surface area contributed by atoms with Crippen LogP contribution in [0, 0.1) is 11.8 Å². The summed E-state index contributed by atoms with van der Waals surface area (Å²) in [5, 5.41) is 14.3. The second-order valence-corrected chi connectivity index (χ2v) is 6.52. The molecule has 0 aromatic rings. The molecule has 1 atom stereocenters. The van der Waals surface area contributed by atoms with Crippen molar-refractivity contribution in [2.45, 2.75) is 72.3 Å². The van der Waals surface area contributed by atoms with Gasteiger partial charge in [0, 0.05) is 6.54 Å². The Morgan fingerprint density at radius 2 is 1.57 bits per heavy atom. The summed E-state index contributed by atoms with van der Waals surface area (Å²) in [6, 6.07) is -1.19. The van der Waals surface area contributed by atoms with Gasteiger partial charge in [-0.1, -0.05) is 53.4 Å². The predicted molar refractivity (Wildman–Crippen MR) is 85.3 cm³/mol. The smallest absolute Gasteiger partial charge is 0.326 e. The molecule has 0 radical (unpaired) electrons. The molecule has 5 nitrogen and oxygen atoms in total. The van der Waals surface area contributed by atoms with E-state index in [0.29, 0.717) is 13.0 Å². The zero-order valence-corrected chi connectivity index (χ0v) is 13.9. The molecule has 0 aliphatic heterocycles. The van der Waals surface area contributed by atoms with E-state index in [1.807, 2.05) is 13.8 Å². The van der Waals surface area contributed by atoms with Gasteiger partial charge in [0.05, 0.1) is 0 Å². The third-order valence-corrected chi connectivity index (χ3v) is 3.30. The molecule has 124 valence electrons. The molecule has 0 fully saturated rings. The molecule has 0 saturated carbocycles. The van der Waals surface area contributed by atoms with E-state index in [1.54, 1.807) is 0 Å². The van der Waals surface area contributed by atoms with Crippen molar-refractivity contribution in [2.75, 3.05) is 6.54 Å². The van der Waals surface area contributed by atoms with E-state index in [9.17, 15) is 9.59 Å². The van der Waals surface area contributed by atoms with Crippen LogP contribution in [0.25, 0.3) is 0 Å². The van der Waals surface area contributed by atoms with Crippen molar-refractivity contribution >= 4 is 12.0 Å². The fourth-order valence-electron chi connectivity index (χ4n) is 2.14. The van der Waals surface area contributed by atoms with E-state index >= 15 is 0 Å². The Kier molecular flexibility index (Phi) is 10.7. The van der Waals surface area contributed by atoms with Crippen LogP contribution in [0.2, 0.25) is 0 Å². The Labute approximate surface area is 128 Å². The maximum Gasteiger partial charge on any atom is 0.326 e. The molecule has 0 saturated heterocycles. The first-order valence-corrected chi connectivity index (χ1v) is 8.10. The lowest BCUT2D eigenvalue weighted by atomic mass is 10.0. The molecule has 0 rings (SSSR count). The zero-order valence-electron chi connectivity index (χ0n) is 13.9. The van der Waals surface area contributed by atoms with E-state index in [2.05, 4.69) is 24.5 Å². The summed E-state index contributed by atoms with van der Waals surface area (Å²) in [5.41, 5.74) is 0. The summed E-state index contributed by atoms with van der Waals surface area (Å²) < 4.78 is 0. The molecule has 0 aromatic heterocycles. The summed E-state index contributed by atoms with van der Waals surface area (Å²) in [7, 11) is 0. The number of hydrogen-bond donors (Lipinski definition) is 3. The average molecular weight is 300 g/mol. The van der Waals surface area contributed by atoms with Crippen LogP contribution >= 0.6 is 0 Å². The highest BCUT2D eigenvalue weighted by Crippen LogP contribution is 2.09. The monoisotopic (exact) mass is 300 g/mol. The van der Waals surface area contributed by atoms with Crippen molar-refractivity contribution < 1.29 is 14.7 Å². The third kappa shape index (κ3) is 12.2. The minimum Gasteiger partial charge on any atom is -0.480 e. The molecular formula is C16H32N2O3. The molecule has 0 bridgehead atoms. The highest BCUT2D eigenvalue weighted by molar-refractivity contribution is 5.82. The van der Waals surface area contributed by atoms with Crippen LogP contribution < -0.4 is 10.6 Å². The van der Waals surface area contributed by atoms with Gasteiger partial charge >= 0.3 is 12.0 Å². The number of unbranched alkanes of at least 4 members (excludes halogenated alkanes) is 3. The molecule has 0 aliphatic carbocycles. The van der Waals surface area contributed by atoms with E-state index in [1.165, 1.54) is 19.3 Å². The Morgan fingerprint density at radius 3 is 2.10 bits per heavy atom. The summed E-state index contributed by atoms with van der Waals surface area (Å²) in [4.78, 5) is 22.7. The molecule has 0 aliphatic rings. The molecule has 3 N–H and O–H groups in total. The van der Waals surface area contributed by atoms with Crippen molar-refractivity contribution in [2.24, 2.45) is 11.8 Å². The van der Waals surface area contributed by atoms with E-state index in [4.69, 9.17) is 5.11 Å². The van der Waals surface area contributed by atoms with Crippen LogP contribution in [0.15, 0.2) is 0 Å². The second kappa shape index (κ2) is 11.4. The van der Waals surface area contributed by atoms with Gasteiger partial charge in [-0.15, -0.1) is 0 Å². The van der Waals surface area contributed by atoms with Crippen molar-refractivity contribution in [1.82, 2.24) is 10.6 Å². The predicted octanol–water partition coefficient (Wildman–Crippen LogP) is 3.39. The van der Waals surface area contributed by atoms with Gasteiger partial charge in [-0.3, -0.25) is 0 Å². The SMILES string of the molecule is CC(C)CCCCCCNC(=O)NC(CC(C)C)C(=O)O. The van der Waals surface area contributed by atoms with Crippen LogP contribution in [0.3, 0.4) is 0 Å². The number of urea groups is 1. The normalized spacial score (nSPS) is 12.5. The van der Waals surface area contributed by atoms with Crippen LogP contribution in [-0.2, 0) is 4.79 Å². The van der Waals surface area contributed by atoms with Crippen LogP contribution in [-0.4, -0.2) is 29.7 Å². The number of hydrogen-bond acceptors (Lipinski definition) is 2. The topological polar surface area (TPSA) is 78.4 Å². The molecule has 5 heteroatoms. The fourth-order valence-corrected chi connectivity index (χ4v) is 2.14. The Balaban J connectivity index is 3.71. The van der Waals surface area contributed by atoms with Gasteiger partial charge in [-0.25, -0.2) is 9.59 Å². The summed E-state index contributed by atoms with van der Waals surface area (Å²) >= 11 is 0. The largest absolute Gasteiger partial charge is 0.480 e. The molecule has 0 aromatic carbocycles. The number of amides is 2. The maximum atomic E-state index is 11.6. The number of rotatable bonds is 11. The van der Waals surface area contributed by atoms with Gasteiger partial charge in [0.15, 0.2) is 0 Å². The minimum absolute atomic E-state index is 0.229. The number of nitrogens with one attached hydrogen (secondary N) is 2. The molecule has 21 heavy (non-hydrogen) atoms. The zero-order chi connectivity index (χ0) is 16.3. The highest BCUT2D eigenvalue weighted by Gasteiger charge is 2.20. The number of carbonyl (C=O) groups is 2. The van der Waals surface area contributed by atoms with Crippen molar-refractivity contribution in [3.8, 4) is 0 Å². The van der Waals surface area contributed by atoms with Crippen molar-refractivity contribution in [3.63, 3.8) is 0 Å². The summed E-state index contributed by atoms with van der Waals surface area (Å²) in [6.07, 6.45) is 6.15. The van der Waals surface area contributed by atoms with Gasteiger partial charge in [-0.2, -0.15) is 0 Å². The molecule has 1 unspecified atom stereocenters. The van der Waals surface area contributed by atoms with E-state index in [0.717, 1.165) is 18.8 Å². The number of aliphatic carboxylic acids is 1. The summed E-state index contributed by atoms with van der Waals surface area (Å²) in [6.45, 7) is 8.92. The third-order valence-electron chi connectivity index (χ3n) is 3.30. The maximum absolute atomic E-state index is 11.6. The lowest BCUT2D eigenvalue weighted by molar-refractivity contribution is -0.139.